The highest BCUT2D eigenvalue weighted by Gasteiger charge is 2.29. The molecule has 26 heavy (non-hydrogen) atoms. The van der Waals surface area contributed by atoms with E-state index in [1.54, 1.807) is 0 Å². The van der Waals surface area contributed by atoms with E-state index in [9.17, 15) is 0 Å². The van der Waals surface area contributed by atoms with Gasteiger partial charge in [0.05, 0.1) is 6.54 Å². The van der Waals surface area contributed by atoms with Crippen LogP contribution in [-0.4, -0.2) is 53.1 Å². The van der Waals surface area contributed by atoms with Gasteiger partial charge in [-0.3, -0.25) is 4.90 Å². The third kappa shape index (κ3) is 3.89. The fourth-order valence-corrected chi connectivity index (χ4v) is 4.04. The van der Waals surface area contributed by atoms with E-state index in [2.05, 4.69) is 28.6 Å². The van der Waals surface area contributed by atoms with Crippen molar-refractivity contribution in [3.63, 3.8) is 0 Å². The molecule has 142 valence electrons. The highest BCUT2D eigenvalue weighted by molar-refractivity contribution is 5.74. The van der Waals surface area contributed by atoms with Crippen LogP contribution in [0.2, 0.25) is 0 Å². The number of fused-ring (bicyclic) bond motifs is 1. The highest BCUT2D eigenvalue weighted by atomic mass is 16.5. The monoisotopic (exact) mass is 357 g/mol. The summed E-state index contributed by atoms with van der Waals surface area (Å²) in [4.78, 5) is 9.57. The van der Waals surface area contributed by atoms with Gasteiger partial charge < -0.3 is 14.1 Å². The van der Waals surface area contributed by atoms with Crippen molar-refractivity contribution in [3.05, 3.63) is 24.1 Å². The molecule has 4 rings (SSSR count). The predicted molar refractivity (Wildman–Crippen MR) is 103 cm³/mol. The molecule has 0 atom stereocenters. The molecule has 1 saturated heterocycles. The molecule has 1 saturated carbocycles. The molecule has 2 heterocycles. The first kappa shape index (κ1) is 17.8. The van der Waals surface area contributed by atoms with Crippen molar-refractivity contribution >= 4 is 11.1 Å². The Balaban J connectivity index is 1.36. The molecule has 0 unspecified atom stereocenters. The van der Waals surface area contributed by atoms with Crippen LogP contribution in [0.3, 0.4) is 0 Å². The largest absolute Gasteiger partial charge is 0.490 e. The fourth-order valence-electron chi connectivity index (χ4n) is 4.04. The maximum absolute atomic E-state index is 6.25. The number of oxazole rings is 1. The Hall–Kier alpha value is -1.59. The molecule has 0 bridgehead atoms. The molecule has 1 aromatic heterocycles. The average Bonchev–Trinajstić information content (AvgIpc) is 3.01. The summed E-state index contributed by atoms with van der Waals surface area (Å²) in [5.74, 6) is 1.69. The van der Waals surface area contributed by atoms with E-state index in [4.69, 9.17) is 9.15 Å². The van der Waals surface area contributed by atoms with Crippen molar-refractivity contribution < 1.29 is 9.15 Å². The van der Waals surface area contributed by atoms with Crippen LogP contribution < -0.4 is 4.74 Å². The number of hydrogen-bond donors (Lipinski definition) is 0. The third-order valence-corrected chi connectivity index (χ3v) is 6.03. The van der Waals surface area contributed by atoms with Gasteiger partial charge in [-0.15, -0.1) is 0 Å². The van der Waals surface area contributed by atoms with Crippen molar-refractivity contribution in [2.45, 2.75) is 64.6 Å². The first-order valence-corrected chi connectivity index (χ1v) is 10.3. The molecule has 5 heteroatoms. The number of rotatable bonds is 7. The van der Waals surface area contributed by atoms with Crippen LogP contribution in [0.1, 0.15) is 51.8 Å². The van der Waals surface area contributed by atoms with Crippen LogP contribution in [0.15, 0.2) is 22.6 Å². The van der Waals surface area contributed by atoms with Gasteiger partial charge in [0.2, 0.25) is 5.89 Å². The Labute approximate surface area is 156 Å². The lowest BCUT2D eigenvalue weighted by Crippen LogP contribution is -2.46. The number of piperidine rings is 1. The van der Waals surface area contributed by atoms with Gasteiger partial charge in [-0.05, 0) is 50.9 Å². The summed E-state index contributed by atoms with van der Waals surface area (Å²) in [5.41, 5.74) is 1.75. The second-order valence-electron chi connectivity index (χ2n) is 7.64. The summed E-state index contributed by atoms with van der Waals surface area (Å²) >= 11 is 0. The van der Waals surface area contributed by atoms with E-state index >= 15 is 0 Å². The highest BCUT2D eigenvalue weighted by Crippen LogP contribution is 2.29. The molecule has 2 aliphatic rings. The standard InChI is InChI=1S/C21H31N3O2/c1-3-23(4-2)15-21-22-19-9-8-18(14-20(19)26-21)25-17-10-12-24(13-11-17)16-6-5-7-16/h8-9,14,16-17H,3-7,10-13,15H2,1-2H3. The molecule has 1 aliphatic carbocycles. The summed E-state index contributed by atoms with van der Waals surface area (Å²) in [5, 5.41) is 0. The second kappa shape index (κ2) is 7.97. The van der Waals surface area contributed by atoms with Gasteiger partial charge in [0.25, 0.3) is 0 Å². The molecule has 2 aromatic rings. The molecule has 0 N–H and O–H groups in total. The number of hydrogen-bond acceptors (Lipinski definition) is 5. The SMILES string of the molecule is CCN(CC)Cc1nc2ccc(OC3CCN(C4CCC4)CC3)cc2o1. The van der Waals surface area contributed by atoms with Crippen molar-refractivity contribution in [1.82, 2.24) is 14.8 Å². The maximum atomic E-state index is 6.25. The number of nitrogens with zero attached hydrogens (tertiary/aromatic N) is 3. The van der Waals surface area contributed by atoms with Gasteiger partial charge in [0.1, 0.15) is 17.4 Å². The van der Waals surface area contributed by atoms with E-state index in [-0.39, 0.29) is 0 Å². The number of ether oxygens (including phenoxy) is 1. The van der Waals surface area contributed by atoms with Crippen molar-refractivity contribution in [2.24, 2.45) is 0 Å². The lowest BCUT2D eigenvalue weighted by molar-refractivity contribution is 0.0494. The van der Waals surface area contributed by atoms with E-state index in [0.717, 1.165) is 61.3 Å². The van der Waals surface area contributed by atoms with Crippen molar-refractivity contribution in [1.29, 1.82) is 0 Å². The van der Waals surface area contributed by atoms with E-state index in [1.807, 2.05) is 18.2 Å². The van der Waals surface area contributed by atoms with Gasteiger partial charge in [0, 0.05) is 25.2 Å². The zero-order chi connectivity index (χ0) is 17.9. The van der Waals surface area contributed by atoms with Crippen LogP contribution >= 0.6 is 0 Å². The Morgan fingerprint density at radius 1 is 1.15 bits per heavy atom. The summed E-state index contributed by atoms with van der Waals surface area (Å²) in [6, 6.07) is 6.91. The van der Waals surface area contributed by atoms with Crippen LogP contribution in [0.5, 0.6) is 5.75 Å². The molecule has 2 fully saturated rings. The Bertz CT molecular complexity index is 713. The van der Waals surface area contributed by atoms with Crippen molar-refractivity contribution in [2.75, 3.05) is 26.2 Å². The summed E-state index contributed by atoms with van der Waals surface area (Å²) < 4.78 is 12.2. The topological polar surface area (TPSA) is 41.7 Å². The number of aromatic nitrogens is 1. The Kier molecular flexibility index (Phi) is 5.46. The molecule has 5 nitrogen and oxygen atoms in total. The van der Waals surface area contributed by atoms with Gasteiger partial charge >= 0.3 is 0 Å². The molecule has 1 aromatic carbocycles. The zero-order valence-corrected chi connectivity index (χ0v) is 16.1. The Morgan fingerprint density at radius 2 is 1.92 bits per heavy atom. The van der Waals surface area contributed by atoms with Gasteiger partial charge in [-0.25, -0.2) is 4.98 Å². The summed E-state index contributed by atoms with van der Waals surface area (Å²) in [6.07, 6.45) is 6.76. The summed E-state index contributed by atoms with van der Waals surface area (Å²) in [6.45, 7) is 9.44. The predicted octanol–water partition coefficient (Wildman–Crippen LogP) is 4.07. The minimum atomic E-state index is 0.321. The third-order valence-electron chi connectivity index (χ3n) is 6.03. The van der Waals surface area contributed by atoms with E-state index in [0.29, 0.717) is 6.10 Å². The summed E-state index contributed by atoms with van der Waals surface area (Å²) in [7, 11) is 0. The molecule has 0 spiro atoms. The minimum Gasteiger partial charge on any atom is -0.490 e. The van der Waals surface area contributed by atoms with Crippen LogP contribution in [0.4, 0.5) is 0 Å². The quantitative estimate of drug-likeness (QED) is 0.747. The van der Waals surface area contributed by atoms with E-state index in [1.165, 1.54) is 32.4 Å². The Morgan fingerprint density at radius 3 is 2.58 bits per heavy atom. The van der Waals surface area contributed by atoms with Crippen LogP contribution in [0, 0.1) is 0 Å². The number of benzene rings is 1. The smallest absolute Gasteiger partial charge is 0.209 e. The molecule has 1 aliphatic heterocycles. The normalized spacial score (nSPS) is 20.0. The zero-order valence-electron chi connectivity index (χ0n) is 16.1. The molecule has 0 radical (unpaired) electrons. The fraction of sp³-hybridized carbons (Fsp3) is 0.667. The van der Waals surface area contributed by atoms with E-state index < -0.39 is 0 Å². The first-order chi connectivity index (χ1) is 12.7. The van der Waals surface area contributed by atoms with Crippen LogP contribution in [-0.2, 0) is 6.54 Å². The lowest BCUT2D eigenvalue weighted by atomic mass is 9.90. The molecule has 0 amide bonds. The maximum Gasteiger partial charge on any atom is 0.209 e. The van der Waals surface area contributed by atoms with Crippen LogP contribution in [0.25, 0.3) is 11.1 Å². The van der Waals surface area contributed by atoms with Crippen molar-refractivity contribution in [3.8, 4) is 5.75 Å². The van der Waals surface area contributed by atoms with Gasteiger partial charge in [-0.1, -0.05) is 20.3 Å². The van der Waals surface area contributed by atoms with Gasteiger partial charge in [0.15, 0.2) is 5.58 Å². The number of likely N-dealkylation sites (tertiary alicyclic amines) is 1. The second-order valence-corrected chi connectivity index (χ2v) is 7.64. The molecular weight excluding hydrogens is 326 g/mol. The minimum absolute atomic E-state index is 0.321. The first-order valence-electron chi connectivity index (χ1n) is 10.3. The molecular formula is C21H31N3O2. The average molecular weight is 357 g/mol. The lowest BCUT2D eigenvalue weighted by Gasteiger charge is -2.41. The van der Waals surface area contributed by atoms with Gasteiger partial charge in [-0.2, -0.15) is 0 Å².